The highest BCUT2D eigenvalue weighted by Gasteiger charge is 2.51. The van der Waals surface area contributed by atoms with Gasteiger partial charge in [0.05, 0.1) is 24.1 Å². The SMILES string of the molecule is CCCCCCOC1=CC(=O)N([C@@H]2c3cc([N+](=O)[O-])ccc3OC(CC)(CC)[C@H]2O)C1. The van der Waals surface area contributed by atoms with Crippen LogP contribution in [0.3, 0.4) is 0 Å². The standard InChI is InChI=1S/C23H32N2O6/c1-4-7-8-9-12-30-17-14-20(26)24(15-17)21-18-13-16(25(28)29)10-11-19(18)31-23(5-2,6-3)22(21)27/h10-11,13-14,21-22,27H,4-9,12,15H2,1-3H3/t21-,22+/m1/s1. The van der Waals surface area contributed by atoms with E-state index in [4.69, 9.17) is 9.47 Å². The molecule has 0 fully saturated rings. The molecule has 8 heteroatoms. The fourth-order valence-electron chi connectivity index (χ4n) is 4.43. The minimum absolute atomic E-state index is 0.105. The summed E-state index contributed by atoms with van der Waals surface area (Å²) < 4.78 is 12.0. The van der Waals surface area contributed by atoms with Crippen molar-refractivity contribution in [1.82, 2.24) is 4.90 Å². The molecule has 1 aromatic rings. The number of nitro groups is 1. The fraction of sp³-hybridized carbons (Fsp3) is 0.609. The van der Waals surface area contributed by atoms with Crippen molar-refractivity contribution in [3.63, 3.8) is 0 Å². The van der Waals surface area contributed by atoms with E-state index in [0.29, 0.717) is 36.5 Å². The van der Waals surface area contributed by atoms with Crippen LogP contribution in [0.15, 0.2) is 30.0 Å². The number of carbonyl (C=O) groups is 1. The molecule has 2 aliphatic rings. The van der Waals surface area contributed by atoms with E-state index in [1.54, 1.807) is 6.07 Å². The lowest BCUT2D eigenvalue weighted by molar-refractivity contribution is -0.385. The van der Waals surface area contributed by atoms with Crippen LogP contribution >= 0.6 is 0 Å². The van der Waals surface area contributed by atoms with Crippen LogP contribution in [-0.2, 0) is 9.53 Å². The summed E-state index contributed by atoms with van der Waals surface area (Å²) in [5, 5.41) is 22.7. The van der Waals surface area contributed by atoms with Crippen molar-refractivity contribution in [2.24, 2.45) is 0 Å². The van der Waals surface area contributed by atoms with Crippen molar-refractivity contribution in [2.75, 3.05) is 13.2 Å². The van der Waals surface area contributed by atoms with E-state index in [1.165, 1.54) is 23.1 Å². The Labute approximate surface area is 183 Å². The summed E-state index contributed by atoms with van der Waals surface area (Å²) in [6, 6.07) is 3.59. The molecule has 2 aliphatic heterocycles. The van der Waals surface area contributed by atoms with E-state index in [0.717, 1.165) is 25.7 Å². The molecule has 0 aromatic heterocycles. The van der Waals surface area contributed by atoms with Gasteiger partial charge in [0.2, 0.25) is 0 Å². The van der Waals surface area contributed by atoms with Crippen molar-refractivity contribution < 1.29 is 24.3 Å². The molecule has 1 amide bonds. The van der Waals surface area contributed by atoms with E-state index in [2.05, 4.69) is 6.92 Å². The number of fused-ring (bicyclic) bond motifs is 1. The number of unbranched alkanes of at least 4 members (excludes halogenated alkanes) is 3. The second-order valence-electron chi connectivity index (χ2n) is 8.23. The summed E-state index contributed by atoms with van der Waals surface area (Å²) in [6.45, 7) is 6.76. The highest BCUT2D eigenvalue weighted by atomic mass is 16.6. The van der Waals surface area contributed by atoms with E-state index in [9.17, 15) is 20.0 Å². The normalized spacial score (nSPS) is 22.0. The zero-order valence-corrected chi connectivity index (χ0v) is 18.5. The summed E-state index contributed by atoms with van der Waals surface area (Å²) in [5.41, 5.74) is -0.532. The maximum Gasteiger partial charge on any atom is 0.270 e. The van der Waals surface area contributed by atoms with Gasteiger partial charge in [-0.2, -0.15) is 0 Å². The first-order chi connectivity index (χ1) is 14.9. The lowest BCUT2D eigenvalue weighted by Gasteiger charge is -2.48. The van der Waals surface area contributed by atoms with Crippen molar-refractivity contribution in [1.29, 1.82) is 0 Å². The van der Waals surface area contributed by atoms with Crippen LogP contribution in [-0.4, -0.2) is 45.7 Å². The molecule has 0 bridgehead atoms. The maximum atomic E-state index is 12.9. The van der Waals surface area contributed by atoms with Gasteiger partial charge < -0.3 is 19.5 Å². The number of aliphatic hydroxyl groups excluding tert-OH is 1. The smallest absolute Gasteiger partial charge is 0.270 e. The van der Waals surface area contributed by atoms with Gasteiger partial charge in [-0.15, -0.1) is 0 Å². The predicted molar refractivity (Wildman–Crippen MR) is 116 cm³/mol. The molecule has 0 spiro atoms. The predicted octanol–water partition coefficient (Wildman–Crippen LogP) is 4.27. The minimum Gasteiger partial charge on any atom is -0.496 e. The Bertz CT molecular complexity index is 848. The van der Waals surface area contributed by atoms with Crippen molar-refractivity contribution in [3.05, 3.63) is 45.7 Å². The Kier molecular flexibility index (Phi) is 7.20. The lowest BCUT2D eigenvalue weighted by Crippen LogP contribution is -2.56. The Morgan fingerprint density at radius 3 is 2.65 bits per heavy atom. The van der Waals surface area contributed by atoms with Gasteiger partial charge >= 0.3 is 0 Å². The molecule has 0 saturated heterocycles. The topological polar surface area (TPSA) is 102 Å². The highest BCUT2D eigenvalue weighted by Crippen LogP contribution is 2.47. The zero-order valence-electron chi connectivity index (χ0n) is 18.5. The largest absolute Gasteiger partial charge is 0.496 e. The molecule has 0 saturated carbocycles. The summed E-state index contributed by atoms with van der Waals surface area (Å²) in [5.74, 6) is 0.755. The number of benzene rings is 1. The summed E-state index contributed by atoms with van der Waals surface area (Å²) in [4.78, 5) is 25.3. The molecule has 2 heterocycles. The zero-order chi connectivity index (χ0) is 22.6. The number of aliphatic hydroxyl groups is 1. The highest BCUT2D eigenvalue weighted by molar-refractivity contribution is 5.91. The number of nitro benzene ring substituents is 1. The first-order valence-corrected chi connectivity index (χ1v) is 11.2. The summed E-state index contributed by atoms with van der Waals surface area (Å²) in [6.07, 6.45) is 5.78. The first-order valence-electron chi connectivity index (χ1n) is 11.2. The molecule has 3 rings (SSSR count). The van der Waals surface area contributed by atoms with Gasteiger partial charge in [0, 0.05) is 23.8 Å². The van der Waals surface area contributed by atoms with Crippen molar-refractivity contribution in [3.8, 4) is 5.75 Å². The van der Waals surface area contributed by atoms with Crippen LogP contribution in [0.5, 0.6) is 5.75 Å². The molecule has 31 heavy (non-hydrogen) atoms. The molecule has 1 aromatic carbocycles. The third kappa shape index (κ3) is 4.54. The molecule has 1 N–H and O–H groups in total. The van der Waals surface area contributed by atoms with E-state index in [1.807, 2.05) is 13.8 Å². The van der Waals surface area contributed by atoms with E-state index in [-0.39, 0.29) is 18.1 Å². The third-order valence-electron chi connectivity index (χ3n) is 6.39. The van der Waals surface area contributed by atoms with Gasteiger partial charge in [0.15, 0.2) is 0 Å². The van der Waals surface area contributed by atoms with Gasteiger partial charge in [-0.05, 0) is 25.3 Å². The number of non-ortho nitro benzene ring substituents is 1. The average Bonchev–Trinajstić information content (AvgIpc) is 3.12. The number of rotatable bonds is 10. The maximum absolute atomic E-state index is 12.9. The van der Waals surface area contributed by atoms with Crippen LogP contribution in [0.4, 0.5) is 5.69 Å². The van der Waals surface area contributed by atoms with Crippen LogP contribution in [0.25, 0.3) is 0 Å². The van der Waals surface area contributed by atoms with Crippen LogP contribution in [0.1, 0.15) is 70.9 Å². The molecule has 8 nitrogen and oxygen atoms in total. The first kappa shape index (κ1) is 23.1. The lowest BCUT2D eigenvalue weighted by atomic mass is 9.80. The van der Waals surface area contributed by atoms with E-state index >= 15 is 0 Å². The molecule has 0 radical (unpaired) electrons. The number of carbonyl (C=O) groups excluding carboxylic acids is 1. The Morgan fingerprint density at radius 2 is 2.00 bits per heavy atom. The van der Waals surface area contributed by atoms with Gasteiger partial charge in [-0.3, -0.25) is 14.9 Å². The molecule has 0 aliphatic carbocycles. The van der Waals surface area contributed by atoms with Gasteiger partial charge in [-0.25, -0.2) is 0 Å². The fourth-order valence-corrected chi connectivity index (χ4v) is 4.43. The molecular formula is C23H32N2O6. The van der Waals surface area contributed by atoms with Crippen LogP contribution < -0.4 is 4.74 Å². The second-order valence-corrected chi connectivity index (χ2v) is 8.23. The number of nitrogens with zero attached hydrogens (tertiary/aromatic N) is 2. The molecule has 2 atom stereocenters. The molecular weight excluding hydrogens is 400 g/mol. The Balaban J connectivity index is 1.87. The van der Waals surface area contributed by atoms with Gasteiger partial charge in [-0.1, -0.05) is 40.0 Å². The number of ether oxygens (including phenoxy) is 2. The van der Waals surface area contributed by atoms with E-state index < -0.39 is 22.7 Å². The molecule has 0 unspecified atom stereocenters. The van der Waals surface area contributed by atoms with Gasteiger partial charge in [0.1, 0.15) is 23.2 Å². The van der Waals surface area contributed by atoms with Crippen LogP contribution in [0, 0.1) is 10.1 Å². The van der Waals surface area contributed by atoms with Crippen molar-refractivity contribution in [2.45, 2.75) is 77.0 Å². The third-order valence-corrected chi connectivity index (χ3v) is 6.39. The number of hydrogen-bond donors (Lipinski definition) is 1. The second kappa shape index (κ2) is 9.68. The monoisotopic (exact) mass is 432 g/mol. The van der Waals surface area contributed by atoms with Crippen molar-refractivity contribution >= 4 is 11.6 Å². The number of amides is 1. The quantitative estimate of drug-likeness (QED) is 0.336. The summed E-state index contributed by atoms with van der Waals surface area (Å²) in [7, 11) is 0. The summed E-state index contributed by atoms with van der Waals surface area (Å²) >= 11 is 0. The Hall–Kier alpha value is -2.61. The average molecular weight is 433 g/mol. The minimum atomic E-state index is -1.03. The Morgan fingerprint density at radius 1 is 1.26 bits per heavy atom. The number of hydrogen-bond acceptors (Lipinski definition) is 6. The molecule has 170 valence electrons. The van der Waals surface area contributed by atoms with Crippen LogP contribution in [0.2, 0.25) is 0 Å². The van der Waals surface area contributed by atoms with Gasteiger partial charge in [0.25, 0.3) is 11.6 Å².